The predicted molar refractivity (Wildman–Crippen MR) is 64.8 cm³/mol. The Morgan fingerprint density at radius 3 is 2.78 bits per heavy atom. The highest BCUT2D eigenvalue weighted by molar-refractivity contribution is 7.91. The molecule has 1 amide bonds. The van der Waals surface area contributed by atoms with Crippen LogP contribution in [-0.2, 0) is 19.4 Å². The Kier molecular flexibility index (Phi) is 3.93. The lowest BCUT2D eigenvalue weighted by atomic mass is 10.1. The van der Waals surface area contributed by atoms with E-state index in [0.717, 1.165) is 0 Å². The fourth-order valence-electron chi connectivity index (χ4n) is 2.46. The monoisotopic (exact) mass is 277 g/mol. The summed E-state index contributed by atoms with van der Waals surface area (Å²) in [5.74, 6) is -0.481. The molecule has 1 N–H and O–H groups in total. The number of nitrogens with zero attached hydrogens (tertiary/aromatic N) is 1. The van der Waals surface area contributed by atoms with Crippen molar-refractivity contribution in [2.75, 3.05) is 31.3 Å². The first kappa shape index (κ1) is 13.8. The summed E-state index contributed by atoms with van der Waals surface area (Å²) >= 11 is 0. The molecule has 18 heavy (non-hydrogen) atoms. The van der Waals surface area contributed by atoms with Gasteiger partial charge in [0.05, 0.1) is 42.8 Å². The number of hydrogen-bond donors (Lipinski definition) is 1. The lowest BCUT2D eigenvalue weighted by Crippen LogP contribution is -2.53. The van der Waals surface area contributed by atoms with Crippen LogP contribution in [-0.4, -0.2) is 67.7 Å². The maximum absolute atomic E-state index is 12.3. The van der Waals surface area contributed by atoms with Crippen LogP contribution >= 0.6 is 0 Å². The fourth-order valence-corrected chi connectivity index (χ4v) is 4.19. The maximum atomic E-state index is 12.3. The number of morpholine rings is 1. The average Bonchev–Trinajstić information content (AvgIpc) is 2.69. The van der Waals surface area contributed by atoms with Crippen molar-refractivity contribution in [2.24, 2.45) is 5.92 Å². The molecule has 2 rings (SSSR count). The molecule has 2 saturated heterocycles. The van der Waals surface area contributed by atoms with E-state index in [1.165, 1.54) is 0 Å². The van der Waals surface area contributed by atoms with Crippen molar-refractivity contribution in [2.45, 2.75) is 25.5 Å². The number of aliphatic hydroxyl groups is 1. The van der Waals surface area contributed by atoms with E-state index in [0.29, 0.717) is 19.6 Å². The topological polar surface area (TPSA) is 83.9 Å². The van der Waals surface area contributed by atoms with E-state index in [1.807, 2.05) is 6.92 Å². The number of amides is 1. The van der Waals surface area contributed by atoms with Crippen LogP contribution in [0.5, 0.6) is 0 Å². The average molecular weight is 277 g/mol. The Morgan fingerprint density at radius 2 is 2.22 bits per heavy atom. The fraction of sp³-hybridized carbons (Fsp3) is 0.909. The molecular weight excluding hydrogens is 258 g/mol. The minimum Gasteiger partial charge on any atom is -0.394 e. The largest absolute Gasteiger partial charge is 0.394 e. The van der Waals surface area contributed by atoms with Gasteiger partial charge in [-0.3, -0.25) is 4.79 Å². The molecule has 104 valence electrons. The van der Waals surface area contributed by atoms with Crippen molar-refractivity contribution in [3.63, 3.8) is 0 Å². The Hall–Kier alpha value is -0.660. The highest BCUT2D eigenvalue weighted by atomic mass is 32.2. The van der Waals surface area contributed by atoms with Crippen molar-refractivity contribution >= 4 is 15.7 Å². The summed E-state index contributed by atoms with van der Waals surface area (Å²) in [6.07, 6.45) is 0.0536. The summed E-state index contributed by atoms with van der Waals surface area (Å²) in [6, 6.07) is -0.0661. The van der Waals surface area contributed by atoms with Crippen molar-refractivity contribution in [1.29, 1.82) is 0 Å². The molecule has 7 heteroatoms. The highest BCUT2D eigenvalue weighted by Crippen LogP contribution is 2.23. The first-order chi connectivity index (χ1) is 8.43. The third-order valence-corrected chi connectivity index (χ3v) is 5.34. The molecule has 3 unspecified atom stereocenters. The third kappa shape index (κ3) is 2.84. The number of carbonyl (C=O) groups excluding carboxylic acids is 1. The lowest BCUT2D eigenvalue weighted by molar-refractivity contribution is -0.149. The molecule has 0 radical (unpaired) electrons. The van der Waals surface area contributed by atoms with Crippen LogP contribution in [0.4, 0.5) is 0 Å². The molecule has 0 bridgehead atoms. The van der Waals surface area contributed by atoms with Gasteiger partial charge in [-0.05, 0) is 13.3 Å². The molecule has 2 aliphatic rings. The van der Waals surface area contributed by atoms with Gasteiger partial charge in [-0.15, -0.1) is 0 Å². The van der Waals surface area contributed by atoms with E-state index < -0.39 is 15.8 Å². The minimum absolute atomic E-state index is 0.0420. The normalized spacial score (nSPS) is 35.7. The highest BCUT2D eigenvalue weighted by Gasteiger charge is 2.38. The number of ether oxygens (including phenoxy) is 1. The second-order valence-electron chi connectivity index (χ2n) is 5.08. The van der Waals surface area contributed by atoms with Gasteiger partial charge in [-0.2, -0.15) is 0 Å². The van der Waals surface area contributed by atoms with E-state index >= 15 is 0 Å². The summed E-state index contributed by atoms with van der Waals surface area (Å²) in [4.78, 5) is 13.9. The second-order valence-corrected chi connectivity index (χ2v) is 7.31. The van der Waals surface area contributed by atoms with Gasteiger partial charge < -0.3 is 14.7 Å². The lowest BCUT2D eigenvalue weighted by Gasteiger charge is -2.38. The molecule has 0 aliphatic carbocycles. The Bertz CT molecular complexity index is 421. The van der Waals surface area contributed by atoms with Crippen LogP contribution < -0.4 is 0 Å². The Morgan fingerprint density at radius 1 is 1.50 bits per heavy atom. The first-order valence-electron chi connectivity index (χ1n) is 6.16. The van der Waals surface area contributed by atoms with Gasteiger partial charge in [0.1, 0.15) is 0 Å². The van der Waals surface area contributed by atoms with Gasteiger partial charge in [-0.25, -0.2) is 8.42 Å². The van der Waals surface area contributed by atoms with Gasteiger partial charge >= 0.3 is 0 Å². The molecule has 0 saturated carbocycles. The van der Waals surface area contributed by atoms with E-state index in [1.54, 1.807) is 4.90 Å². The first-order valence-corrected chi connectivity index (χ1v) is 7.98. The Balaban J connectivity index is 2.03. The SMILES string of the molecule is CC1COC(CO)CN1C(=O)C1CCS(=O)(=O)C1. The molecule has 2 fully saturated rings. The van der Waals surface area contributed by atoms with Gasteiger partial charge in [0.15, 0.2) is 9.84 Å². The summed E-state index contributed by atoms with van der Waals surface area (Å²) in [5.41, 5.74) is 0. The molecule has 2 heterocycles. The molecule has 0 aromatic carbocycles. The zero-order valence-electron chi connectivity index (χ0n) is 10.4. The summed E-state index contributed by atoms with van der Waals surface area (Å²) in [6.45, 7) is 2.47. The summed E-state index contributed by atoms with van der Waals surface area (Å²) in [7, 11) is -3.04. The van der Waals surface area contributed by atoms with Gasteiger partial charge in [-0.1, -0.05) is 0 Å². The third-order valence-electron chi connectivity index (χ3n) is 3.57. The number of sulfone groups is 1. The number of aliphatic hydroxyl groups excluding tert-OH is 1. The molecule has 0 aromatic rings. The molecule has 2 aliphatic heterocycles. The van der Waals surface area contributed by atoms with Crippen molar-refractivity contribution in [3.8, 4) is 0 Å². The second kappa shape index (κ2) is 5.14. The standard InChI is InChI=1S/C11H19NO5S/c1-8-6-17-10(5-13)4-12(8)11(14)9-2-3-18(15,16)7-9/h8-10,13H,2-7H2,1H3. The quantitative estimate of drug-likeness (QED) is 0.702. The summed E-state index contributed by atoms with van der Waals surface area (Å²) < 4.78 is 28.2. The van der Waals surface area contributed by atoms with Crippen molar-refractivity contribution < 1.29 is 23.1 Å². The van der Waals surface area contributed by atoms with Gasteiger partial charge in [0.2, 0.25) is 5.91 Å². The van der Waals surface area contributed by atoms with Crippen LogP contribution in [0.3, 0.4) is 0 Å². The van der Waals surface area contributed by atoms with E-state index in [9.17, 15) is 13.2 Å². The van der Waals surface area contributed by atoms with Crippen molar-refractivity contribution in [1.82, 2.24) is 4.90 Å². The summed E-state index contributed by atoms with van der Waals surface area (Å²) in [5, 5.41) is 9.07. The van der Waals surface area contributed by atoms with Crippen LogP contribution in [0.1, 0.15) is 13.3 Å². The Labute approximate surface area is 107 Å². The van der Waals surface area contributed by atoms with E-state index in [4.69, 9.17) is 9.84 Å². The zero-order valence-corrected chi connectivity index (χ0v) is 11.2. The smallest absolute Gasteiger partial charge is 0.227 e. The molecule has 3 atom stereocenters. The van der Waals surface area contributed by atoms with E-state index in [-0.39, 0.29) is 36.2 Å². The number of hydrogen-bond acceptors (Lipinski definition) is 5. The van der Waals surface area contributed by atoms with Gasteiger partial charge in [0.25, 0.3) is 0 Å². The van der Waals surface area contributed by atoms with E-state index in [2.05, 4.69) is 0 Å². The minimum atomic E-state index is -3.04. The number of carbonyl (C=O) groups is 1. The molecular formula is C11H19NO5S. The van der Waals surface area contributed by atoms with Crippen LogP contribution in [0.15, 0.2) is 0 Å². The molecule has 6 nitrogen and oxygen atoms in total. The molecule has 0 spiro atoms. The maximum Gasteiger partial charge on any atom is 0.227 e. The number of rotatable bonds is 2. The van der Waals surface area contributed by atoms with Crippen LogP contribution in [0, 0.1) is 5.92 Å². The van der Waals surface area contributed by atoms with Crippen LogP contribution in [0.2, 0.25) is 0 Å². The van der Waals surface area contributed by atoms with Gasteiger partial charge in [0, 0.05) is 6.54 Å². The predicted octanol–water partition coefficient (Wildman–Crippen LogP) is -0.971. The van der Waals surface area contributed by atoms with Crippen molar-refractivity contribution in [3.05, 3.63) is 0 Å². The van der Waals surface area contributed by atoms with Crippen LogP contribution in [0.25, 0.3) is 0 Å². The zero-order chi connectivity index (χ0) is 13.3. The molecule has 0 aromatic heterocycles.